The van der Waals surface area contributed by atoms with Gasteiger partial charge < -0.3 is 20.1 Å². The molecule has 0 radical (unpaired) electrons. The number of ketones is 1. The van der Waals surface area contributed by atoms with E-state index in [0.29, 0.717) is 0 Å². The normalized spacial score (nSPS) is 23.4. The number of benzene rings is 1. The summed E-state index contributed by atoms with van der Waals surface area (Å²) in [6.07, 6.45) is -0.212. The summed E-state index contributed by atoms with van der Waals surface area (Å²) in [6, 6.07) is 2.28. The fourth-order valence-electron chi connectivity index (χ4n) is 1.81. The molecule has 0 aliphatic carbocycles. The fourth-order valence-corrected chi connectivity index (χ4v) is 1.81. The zero-order chi connectivity index (χ0) is 12.8. The Kier molecular flexibility index (Phi) is 2.50. The highest BCUT2D eigenvalue weighted by atomic mass is 16.6. The van der Waals surface area contributed by atoms with Crippen LogP contribution in [0.25, 0.3) is 0 Å². The Hall–Kier alpha value is -1.75. The zero-order valence-corrected chi connectivity index (χ0v) is 9.60. The number of aliphatic hydroxyl groups is 1. The Morgan fingerprint density at radius 1 is 1.35 bits per heavy atom. The molecule has 1 aliphatic rings. The molecule has 5 nitrogen and oxygen atoms in total. The van der Waals surface area contributed by atoms with Crippen molar-refractivity contribution in [3.63, 3.8) is 0 Å². The van der Waals surface area contributed by atoms with Crippen molar-refractivity contribution in [2.45, 2.75) is 26.1 Å². The summed E-state index contributed by atoms with van der Waals surface area (Å²) in [4.78, 5) is 11.9. The first-order chi connectivity index (χ1) is 7.83. The number of ether oxygens (including phenoxy) is 1. The number of carbonyl (C=O) groups is 1. The maximum atomic E-state index is 11.9. The molecule has 1 aliphatic heterocycles. The molecular weight excluding hydrogens is 224 g/mol. The van der Waals surface area contributed by atoms with E-state index in [1.54, 1.807) is 13.8 Å². The number of Topliss-reactive ketones (excluding diaryl/α,β-unsaturated/α-hetero) is 1. The molecule has 1 aromatic carbocycles. The molecule has 0 unspecified atom stereocenters. The van der Waals surface area contributed by atoms with Crippen molar-refractivity contribution in [1.29, 1.82) is 0 Å². The molecule has 0 saturated carbocycles. The first kappa shape index (κ1) is 11.7. The molecule has 1 atom stereocenters. The van der Waals surface area contributed by atoms with E-state index in [1.165, 1.54) is 6.07 Å². The van der Waals surface area contributed by atoms with E-state index in [1.807, 2.05) is 0 Å². The number of fused-ring (bicyclic) bond motifs is 1. The van der Waals surface area contributed by atoms with Crippen LogP contribution in [0.5, 0.6) is 17.2 Å². The van der Waals surface area contributed by atoms with Gasteiger partial charge in [-0.15, -0.1) is 0 Å². The van der Waals surface area contributed by atoms with E-state index >= 15 is 0 Å². The summed E-state index contributed by atoms with van der Waals surface area (Å²) in [5.74, 6) is -2.83. The smallest absolute Gasteiger partial charge is 0.217 e. The quantitative estimate of drug-likeness (QED) is 0.688. The number of phenolic OH excluding ortho intramolecular Hbond substituents is 2. The van der Waals surface area contributed by atoms with Crippen molar-refractivity contribution in [2.75, 3.05) is 0 Å². The number of phenols is 2. The summed E-state index contributed by atoms with van der Waals surface area (Å²) in [6.45, 7) is 3.45. The average molecular weight is 238 g/mol. The van der Waals surface area contributed by atoms with Crippen LogP contribution in [-0.2, 0) is 0 Å². The summed E-state index contributed by atoms with van der Waals surface area (Å²) in [5, 5.41) is 29.0. The van der Waals surface area contributed by atoms with Gasteiger partial charge in [0.1, 0.15) is 22.8 Å². The summed E-state index contributed by atoms with van der Waals surface area (Å²) < 4.78 is 5.33. The van der Waals surface area contributed by atoms with E-state index < -0.39 is 11.6 Å². The second-order valence-corrected chi connectivity index (χ2v) is 4.54. The van der Waals surface area contributed by atoms with E-state index in [0.717, 1.165) is 6.07 Å². The highest BCUT2D eigenvalue weighted by Crippen LogP contribution is 2.41. The van der Waals surface area contributed by atoms with E-state index in [2.05, 4.69) is 0 Å². The molecule has 1 aromatic rings. The topological polar surface area (TPSA) is 87.0 Å². The SMILES string of the molecule is CC(C)[C@]1(O)CC(=O)c2c(O)cc(O)cc2O1. The molecule has 2 rings (SSSR count). The van der Waals surface area contributed by atoms with Gasteiger partial charge in [-0.25, -0.2) is 0 Å². The molecule has 0 spiro atoms. The first-order valence-corrected chi connectivity index (χ1v) is 5.34. The Labute approximate surface area is 98.3 Å². The van der Waals surface area contributed by atoms with Crippen LogP contribution in [0, 0.1) is 5.92 Å². The fraction of sp³-hybridized carbons (Fsp3) is 0.417. The molecule has 5 heteroatoms. The van der Waals surface area contributed by atoms with Crippen molar-refractivity contribution in [3.05, 3.63) is 17.7 Å². The van der Waals surface area contributed by atoms with Crippen LogP contribution >= 0.6 is 0 Å². The van der Waals surface area contributed by atoms with Gasteiger partial charge in [-0.1, -0.05) is 13.8 Å². The van der Waals surface area contributed by atoms with E-state index in [9.17, 15) is 20.1 Å². The molecule has 0 amide bonds. The molecule has 0 fully saturated rings. The van der Waals surface area contributed by atoms with Crippen molar-refractivity contribution in [1.82, 2.24) is 0 Å². The minimum absolute atomic E-state index is 0.00752. The molecule has 0 aromatic heterocycles. The van der Waals surface area contributed by atoms with Crippen LogP contribution in [0.3, 0.4) is 0 Å². The third-order valence-electron chi connectivity index (χ3n) is 2.95. The monoisotopic (exact) mass is 238 g/mol. The van der Waals surface area contributed by atoms with Crippen molar-refractivity contribution >= 4 is 5.78 Å². The maximum absolute atomic E-state index is 11.9. The molecule has 3 N–H and O–H groups in total. The Balaban J connectivity index is 2.54. The molecule has 92 valence electrons. The molecule has 0 saturated heterocycles. The van der Waals surface area contributed by atoms with Crippen molar-refractivity contribution < 1.29 is 24.9 Å². The van der Waals surface area contributed by atoms with Crippen molar-refractivity contribution in [3.8, 4) is 17.2 Å². The third-order valence-corrected chi connectivity index (χ3v) is 2.95. The van der Waals surface area contributed by atoms with Crippen LogP contribution in [-0.4, -0.2) is 26.9 Å². The lowest BCUT2D eigenvalue weighted by Gasteiger charge is -2.36. The standard InChI is InChI=1S/C12H14O5/c1-6(2)12(16)5-9(15)11-8(14)3-7(13)4-10(11)17-12/h3-4,6,13-14,16H,5H2,1-2H3/t12-/m0/s1. The molecular formula is C12H14O5. The maximum Gasteiger partial charge on any atom is 0.217 e. The highest BCUT2D eigenvalue weighted by molar-refractivity contribution is 6.02. The minimum Gasteiger partial charge on any atom is -0.508 e. The molecule has 1 heterocycles. The largest absolute Gasteiger partial charge is 0.508 e. The van der Waals surface area contributed by atoms with Gasteiger partial charge in [0, 0.05) is 18.1 Å². The average Bonchev–Trinajstić information content (AvgIpc) is 2.14. The van der Waals surface area contributed by atoms with Gasteiger partial charge in [-0.05, 0) is 0 Å². The van der Waals surface area contributed by atoms with Gasteiger partial charge in [-0.2, -0.15) is 0 Å². The third kappa shape index (κ3) is 1.82. The highest BCUT2D eigenvalue weighted by Gasteiger charge is 2.42. The van der Waals surface area contributed by atoms with Crippen LogP contribution in [0.1, 0.15) is 30.6 Å². The lowest BCUT2D eigenvalue weighted by molar-refractivity contribution is -0.170. The number of hydrogen-bond acceptors (Lipinski definition) is 5. The van der Waals surface area contributed by atoms with Crippen LogP contribution in [0.4, 0.5) is 0 Å². The Morgan fingerprint density at radius 3 is 2.59 bits per heavy atom. The van der Waals surface area contributed by atoms with Crippen molar-refractivity contribution in [2.24, 2.45) is 5.92 Å². The Morgan fingerprint density at radius 2 is 2.00 bits per heavy atom. The van der Waals surface area contributed by atoms with Gasteiger partial charge in [0.05, 0.1) is 6.42 Å². The van der Waals surface area contributed by atoms with Gasteiger partial charge in [0.15, 0.2) is 5.78 Å². The summed E-state index contributed by atoms with van der Waals surface area (Å²) >= 11 is 0. The number of rotatable bonds is 1. The molecule has 17 heavy (non-hydrogen) atoms. The minimum atomic E-state index is -1.59. The number of hydrogen-bond donors (Lipinski definition) is 3. The zero-order valence-electron chi connectivity index (χ0n) is 9.60. The summed E-state index contributed by atoms with van der Waals surface area (Å²) in [7, 11) is 0. The van der Waals surface area contributed by atoms with E-state index in [4.69, 9.17) is 4.74 Å². The van der Waals surface area contributed by atoms with Crippen LogP contribution in [0.15, 0.2) is 12.1 Å². The second kappa shape index (κ2) is 3.63. The second-order valence-electron chi connectivity index (χ2n) is 4.54. The van der Waals surface area contributed by atoms with Crippen LogP contribution < -0.4 is 4.74 Å². The van der Waals surface area contributed by atoms with Gasteiger partial charge >= 0.3 is 0 Å². The predicted molar refractivity (Wildman–Crippen MR) is 59.1 cm³/mol. The van der Waals surface area contributed by atoms with Crippen LogP contribution in [0.2, 0.25) is 0 Å². The lowest BCUT2D eigenvalue weighted by Crippen LogP contribution is -2.46. The number of carbonyl (C=O) groups excluding carboxylic acids is 1. The van der Waals surface area contributed by atoms with Gasteiger partial charge in [0.25, 0.3) is 0 Å². The summed E-state index contributed by atoms with van der Waals surface area (Å²) in [5.41, 5.74) is 0.00752. The van der Waals surface area contributed by atoms with Gasteiger partial charge in [-0.3, -0.25) is 4.79 Å². The van der Waals surface area contributed by atoms with Gasteiger partial charge in [0.2, 0.25) is 5.79 Å². The molecule has 0 bridgehead atoms. The Bertz CT molecular complexity index is 480. The van der Waals surface area contributed by atoms with E-state index in [-0.39, 0.29) is 35.2 Å². The predicted octanol–water partition coefficient (Wildman–Crippen LogP) is 1.41. The number of aromatic hydroxyl groups is 2. The lowest BCUT2D eigenvalue weighted by atomic mass is 9.90. The first-order valence-electron chi connectivity index (χ1n) is 5.34.